The van der Waals surface area contributed by atoms with E-state index in [9.17, 15) is 4.79 Å². The minimum absolute atomic E-state index is 0.248. The highest BCUT2D eigenvalue weighted by molar-refractivity contribution is 6.02. The standard InChI is InChI=1S/C27H24N4O3/c32-26(29-23-10-11-24-25(16-23)34-15-5-14-33-24)12-9-22-19-31(18-20-6-2-1-3-7-20)30-27(22)21-8-4-13-28-17-21/h1-4,6-13,16-17,19H,5,14-15,18H2,(H,29,32)/b12-9+. The lowest BCUT2D eigenvalue weighted by molar-refractivity contribution is -0.111. The number of hydrogen-bond donors (Lipinski definition) is 1. The Kier molecular flexibility index (Phi) is 6.34. The summed E-state index contributed by atoms with van der Waals surface area (Å²) in [6, 6.07) is 19.3. The summed E-state index contributed by atoms with van der Waals surface area (Å²) in [7, 11) is 0. The van der Waals surface area contributed by atoms with Crippen LogP contribution < -0.4 is 14.8 Å². The van der Waals surface area contributed by atoms with E-state index in [1.54, 1.807) is 30.6 Å². The third-order valence-electron chi connectivity index (χ3n) is 5.34. The lowest BCUT2D eigenvalue weighted by atomic mass is 10.1. The number of anilines is 1. The quantitative estimate of drug-likeness (QED) is 0.425. The molecule has 1 aliphatic rings. The van der Waals surface area contributed by atoms with Gasteiger partial charge in [0, 0.05) is 54.0 Å². The molecule has 0 radical (unpaired) electrons. The summed E-state index contributed by atoms with van der Waals surface area (Å²) in [5.41, 5.74) is 4.27. The highest BCUT2D eigenvalue weighted by Gasteiger charge is 2.13. The Balaban J connectivity index is 1.35. The molecule has 1 amide bonds. The number of nitrogens with zero attached hydrogens (tertiary/aromatic N) is 3. The number of ether oxygens (including phenoxy) is 2. The van der Waals surface area contributed by atoms with Crippen molar-refractivity contribution in [3.05, 3.63) is 96.5 Å². The fraction of sp³-hybridized carbons (Fsp3) is 0.148. The van der Waals surface area contributed by atoms with Crippen LogP contribution in [0.1, 0.15) is 17.5 Å². The molecule has 7 nitrogen and oxygen atoms in total. The fourth-order valence-electron chi connectivity index (χ4n) is 3.73. The van der Waals surface area contributed by atoms with Gasteiger partial charge in [0.15, 0.2) is 11.5 Å². The van der Waals surface area contributed by atoms with E-state index < -0.39 is 0 Å². The van der Waals surface area contributed by atoms with E-state index >= 15 is 0 Å². The predicted octanol–water partition coefficient (Wildman–Crippen LogP) is 4.81. The summed E-state index contributed by atoms with van der Waals surface area (Å²) in [4.78, 5) is 16.9. The topological polar surface area (TPSA) is 78.3 Å². The first-order valence-corrected chi connectivity index (χ1v) is 11.1. The first-order valence-electron chi connectivity index (χ1n) is 11.1. The summed E-state index contributed by atoms with van der Waals surface area (Å²) in [6.45, 7) is 1.85. The second-order valence-electron chi connectivity index (χ2n) is 7.89. The lowest BCUT2D eigenvalue weighted by Crippen LogP contribution is -2.08. The van der Waals surface area contributed by atoms with E-state index in [1.807, 2.05) is 47.3 Å². The SMILES string of the molecule is O=C(/C=C/c1cn(Cc2ccccc2)nc1-c1cccnc1)Nc1ccc2c(c1)OCCCO2. The van der Waals surface area contributed by atoms with Gasteiger partial charge >= 0.3 is 0 Å². The van der Waals surface area contributed by atoms with E-state index in [0.717, 1.165) is 28.8 Å². The number of aromatic nitrogens is 3. The molecule has 2 aromatic carbocycles. The van der Waals surface area contributed by atoms with Gasteiger partial charge in [0.05, 0.1) is 19.8 Å². The number of amides is 1. The molecule has 7 heteroatoms. The number of nitrogens with one attached hydrogen (secondary N) is 1. The Labute approximate surface area is 197 Å². The van der Waals surface area contributed by atoms with Crippen LogP contribution in [0.4, 0.5) is 5.69 Å². The molecule has 2 aromatic heterocycles. The second kappa shape index (κ2) is 10.0. The maximum atomic E-state index is 12.7. The summed E-state index contributed by atoms with van der Waals surface area (Å²) < 4.78 is 13.2. The third-order valence-corrected chi connectivity index (χ3v) is 5.34. The normalized spacial score (nSPS) is 12.9. The summed E-state index contributed by atoms with van der Waals surface area (Å²) in [6.07, 6.45) is 9.54. The Morgan fingerprint density at radius 1 is 1.03 bits per heavy atom. The van der Waals surface area contributed by atoms with Crippen molar-refractivity contribution in [2.75, 3.05) is 18.5 Å². The zero-order valence-corrected chi connectivity index (χ0v) is 18.6. The maximum absolute atomic E-state index is 12.7. The molecular formula is C27H24N4O3. The molecule has 0 bridgehead atoms. The summed E-state index contributed by atoms with van der Waals surface area (Å²) in [5, 5.41) is 7.65. The van der Waals surface area contributed by atoms with E-state index in [0.29, 0.717) is 36.9 Å². The van der Waals surface area contributed by atoms with Crippen molar-refractivity contribution >= 4 is 17.7 Å². The number of pyridine rings is 1. The van der Waals surface area contributed by atoms with Crippen molar-refractivity contribution < 1.29 is 14.3 Å². The van der Waals surface area contributed by atoms with Gasteiger partial charge in [-0.1, -0.05) is 30.3 Å². The average molecular weight is 453 g/mol. The molecule has 0 spiro atoms. The van der Waals surface area contributed by atoms with E-state index in [1.165, 1.54) is 6.08 Å². The van der Waals surface area contributed by atoms with Crippen molar-refractivity contribution in [2.24, 2.45) is 0 Å². The largest absolute Gasteiger partial charge is 0.490 e. The van der Waals surface area contributed by atoms with Crippen molar-refractivity contribution in [3.63, 3.8) is 0 Å². The number of carbonyl (C=O) groups is 1. The number of rotatable bonds is 6. The molecule has 1 N–H and O–H groups in total. The molecule has 0 saturated carbocycles. The molecule has 0 fully saturated rings. The van der Waals surface area contributed by atoms with Gasteiger partial charge < -0.3 is 14.8 Å². The number of carbonyl (C=O) groups excluding carboxylic acids is 1. The van der Waals surface area contributed by atoms with Crippen LogP contribution in [0.2, 0.25) is 0 Å². The molecule has 170 valence electrons. The smallest absolute Gasteiger partial charge is 0.248 e. The van der Waals surface area contributed by atoms with Crippen molar-refractivity contribution in [1.82, 2.24) is 14.8 Å². The molecular weight excluding hydrogens is 428 g/mol. The van der Waals surface area contributed by atoms with Gasteiger partial charge in [-0.15, -0.1) is 0 Å². The van der Waals surface area contributed by atoms with Gasteiger partial charge in [0.2, 0.25) is 5.91 Å². The van der Waals surface area contributed by atoms with E-state index in [4.69, 9.17) is 14.6 Å². The predicted molar refractivity (Wildman–Crippen MR) is 131 cm³/mol. The van der Waals surface area contributed by atoms with Crippen LogP contribution >= 0.6 is 0 Å². The first-order chi connectivity index (χ1) is 16.7. The minimum atomic E-state index is -0.248. The fourth-order valence-corrected chi connectivity index (χ4v) is 3.73. The number of benzene rings is 2. The molecule has 34 heavy (non-hydrogen) atoms. The van der Waals surface area contributed by atoms with Crippen LogP contribution in [0.5, 0.6) is 11.5 Å². The van der Waals surface area contributed by atoms with Crippen LogP contribution in [0.15, 0.2) is 85.3 Å². The third kappa shape index (κ3) is 5.15. The number of hydrogen-bond acceptors (Lipinski definition) is 5. The molecule has 0 aliphatic carbocycles. The highest BCUT2D eigenvalue weighted by atomic mass is 16.5. The van der Waals surface area contributed by atoms with Crippen LogP contribution in [0.3, 0.4) is 0 Å². The van der Waals surface area contributed by atoms with Gasteiger partial charge in [0.25, 0.3) is 0 Å². The van der Waals surface area contributed by atoms with Crippen molar-refractivity contribution in [1.29, 1.82) is 0 Å². The maximum Gasteiger partial charge on any atom is 0.248 e. The average Bonchev–Trinajstić information content (AvgIpc) is 3.12. The lowest BCUT2D eigenvalue weighted by Gasteiger charge is -2.09. The molecule has 5 rings (SSSR count). The van der Waals surface area contributed by atoms with Crippen LogP contribution in [-0.4, -0.2) is 33.9 Å². The molecule has 1 aliphatic heterocycles. The Hall–Kier alpha value is -4.39. The zero-order valence-electron chi connectivity index (χ0n) is 18.6. The van der Waals surface area contributed by atoms with Crippen molar-refractivity contribution in [3.8, 4) is 22.8 Å². The van der Waals surface area contributed by atoms with Crippen LogP contribution in [-0.2, 0) is 11.3 Å². The Morgan fingerprint density at radius 2 is 1.88 bits per heavy atom. The van der Waals surface area contributed by atoms with Gasteiger partial charge in [0.1, 0.15) is 5.69 Å². The van der Waals surface area contributed by atoms with E-state index in [2.05, 4.69) is 22.4 Å². The van der Waals surface area contributed by atoms with Gasteiger partial charge in [-0.2, -0.15) is 5.10 Å². The zero-order chi connectivity index (χ0) is 23.2. The second-order valence-corrected chi connectivity index (χ2v) is 7.89. The molecule has 3 heterocycles. The van der Waals surface area contributed by atoms with Crippen LogP contribution in [0.25, 0.3) is 17.3 Å². The van der Waals surface area contributed by atoms with Gasteiger partial charge in [-0.3, -0.25) is 14.5 Å². The molecule has 0 saturated heterocycles. The minimum Gasteiger partial charge on any atom is -0.490 e. The Morgan fingerprint density at radius 3 is 2.71 bits per heavy atom. The number of fused-ring (bicyclic) bond motifs is 1. The monoisotopic (exact) mass is 452 g/mol. The van der Waals surface area contributed by atoms with Gasteiger partial charge in [-0.05, 0) is 35.9 Å². The summed E-state index contributed by atoms with van der Waals surface area (Å²) >= 11 is 0. The Bertz CT molecular complexity index is 1300. The van der Waals surface area contributed by atoms with Crippen LogP contribution in [0, 0.1) is 0 Å². The highest BCUT2D eigenvalue weighted by Crippen LogP contribution is 2.32. The first kappa shape index (κ1) is 21.5. The molecule has 0 unspecified atom stereocenters. The molecule has 4 aromatic rings. The summed E-state index contributed by atoms with van der Waals surface area (Å²) in [5.74, 6) is 1.08. The van der Waals surface area contributed by atoms with Gasteiger partial charge in [-0.25, -0.2) is 0 Å². The molecule has 0 atom stereocenters. The van der Waals surface area contributed by atoms with E-state index in [-0.39, 0.29) is 5.91 Å². The van der Waals surface area contributed by atoms with Crippen molar-refractivity contribution in [2.45, 2.75) is 13.0 Å².